The highest BCUT2D eigenvalue weighted by atomic mass is 16.5. The van der Waals surface area contributed by atoms with E-state index in [4.69, 9.17) is 9.47 Å². The lowest BCUT2D eigenvalue weighted by atomic mass is 9.97. The van der Waals surface area contributed by atoms with E-state index >= 15 is 0 Å². The first kappa shape index (κ1) is 34.1. The Kier molecular flexibility index (Phi) is 16.1. The van der Waals surface area contributed by atoms with Crippen molar-refractivity contribution in [1.29, 1.82) is 0 Å². The highest BCUT2D eigenvalue weighted by molar-refractivity contribution is 5.94. The molecule has 0 aliphatic rings. The Hall–Kier alpha value is -2.94. The molecule has 0 heterocycles. The topological polar surface area (TPSA) is 123 Å². The van der Waals surface area contributed by atoms with E-state index in [0.29, 0.717) is 25.9 Å². The van der Waals surface area contributed by atoms with Gasteiger partial charge < -0.3 is 25.4 Å². The summed E-state index contributed by atoms with van der Waals surface area (Å²) in [6.45, 7) is 14.2. The molecule has 3 N–H and O–H groups in total. The third-order valence-corrected chi connectivity index (χ3v) is 5.87. The van der Waals surface area contributed by atoms with Crippen LogP contribution < -0.4 is 16.0 Å². The van der Waals surface area contributed by atoms with Crippen LogP contribution in [0.3, 0.4) is 0 Å². The number of hydrogen-bond acceptors (Lipinski definition) is 6. The summed E-state index contributed by atoms with van der Waals surface area (Å²) in [4.78, 5) is 51.9. The quantitative estimate of drug-likeness (QED) is 0.234. The first-order chi connectivity index (χ1) is 18.4. The minimum atomic E-state index is -0.883. The van der Waals surface area contributed by atoms with Gasteiger partial charge in [0.2, 0.25) is 11.8 Å². The fourth-order valence-corrected chi connectivity index (χ4v) is 4.02. The fraction of sp³-hybridized carbons (Fsp3) is 0.667. The largest absolute Gasteiger partial charge is 0.445 e. The zero-order chi connectivity index (χ0) is 29.4. The molecule has 0 saturated heterocycles. The molecule has 1 aromatic rings. The van der Waals surface area contributed by atoms with Crippen molar-refractivity contribution >= 4 is 23.7 Å². The second-order valence-corrected chi connectivity index (χ2v) is 11.3. The van der Waals surface area contributed by atoms with Crippen LogP contribution in [0.2, 0.25) is 0 Å². The van der Waals surface area contributed by atoms with E-state index in [0.717, 1.165) is 12.0 Å². The number of ether oxygens (including phenoxy) is 2. The highest BCUT2D eigenvalue weighted by Crippen LogP contribution is 2.12. The van der Waals surface area contributed by atoms with Gasteiger partial charge in [-0.1, -0.05) is 78.8 Å². The molecule has 0 saturated carbocycles. The molecule has 9 nitrogen and oxygen atoms in total. The summed E-state index contributed by atoms with van der Waals surface area (Å²) in [7, 11) is 0. The lowest BCUT2D eigenvalue weighted by molar-refractivity contribution is -0.134. The molecule has 220 valence electrons. The molecular weight excluding hydrogens is 498 g/mol. The summed E-state index contributed by atoms with van der Waals surface area (Å²) in [6, 6.07) is 6.80. The lowest BCUT2D eigenvalue weighted by Gasteiger charge is -2.27. The normalized spacial score (nSPS) is 13.6. The maximum atomic E-state index is 13.3. The van der Waals surface area contributed by atoms with Crippen LogP contribution in [-0.2, 0) is 30.5 Å². The molecule has 0 fully saturated rings. The summed E-state index contributed by atoms with van der Waals surface area (Å²) in [5, 5.41) is 8.32. The molecular formula is C30H49N3O6. The average molecular weight is 548 g/mol. The van der Waals surface area contributed by atoms with Crippen LogP contribution >= 0.6 is 0 Å². The van der Waals surface area contributed by atoms with Gasteiger partial charge in [0.25, 0.3) is 0 Å². The molecule has 0 radical (unpaired) electrons. The zero-order valence-electron chi connectivity index (χ0n) is 24.8. The molecule has 0 bridgehead atoms. The number of alkyl carbamates (subject to hydrolysis) is 1. The molecule has 0 aliphatic heterocycles. The van der Waals surface area contributed by atoms with Gasteiger partial charge in [0, 0.05) is 6.61 Å². The first-order valence-corrected chi connectivity index (χ1v) is 14.1. The van der Waals surface area contributed by atoms with E-state index in [1.807, 2.05) is 78.8 Å². The number of hydrogen-bond donors (Lipinski definition) is 3. The molecule has 1 rings (SSSR count). The second-order valence-electron chi connectivity index (χ2n) is 11.3. The lowest BCUT2D eigenvalue weighted by Crippen LogP contribution is -2.56. The van der Waals surface area contributed by atoms with Crippen molar-refractivity contribution in [3.8, 4) is 0 Å². The Balaban J connectivity index is 2.93. The molecule has 3 atom stereocenters. The van der Waals surface area contributed by atoms with Crippen molar-refractivity contribution < 1.29 is 28.7 Å². The molecule has 0 aromatic heterocycles. The van der Waals surface area contributed by atoms with Gasteiger partial charge in [-0.25, -0.2) is 4.79 Å². The number of carbonyl (C=O) groups is 4. The Morgan fingerprint density at radius 2 is 1.21 bits per heavy atom. The van der Waals surface area contributed by atoms with Gasteiger partial charge in [-0.05, 0) is 49.0 Å². The number of amides is 3. The van der Waals surface area contributed by atoms with Gasteiger partial charge in [0.1, 0.15) is 25.3 Å². The summed E-state index contributed by atoms with van der Waals surface area (Å²) in [5.41, 5.74) is 0.830. The van der Waals surface area contributed by atoms with Crippen molar-refractivity contribution in [1.82, 2.24) is 16.0 Å². The third-order valence-electron chi connectivity index (χ3n) is 5.87. The van der Waals surface area contributed by atoms with E-state index in [-0.39, 0.29) is 36.8 Å². The molecule has 0 unspecified atom stereocenters. The summed E-state index contributed by atoms with van der Waals surface area (Å²) >= 11 is 0. The zero-order valence-corrected chi connectivity index (χ0v) is 24.8. The standard InChI is InChI=1S/C30H49N3O6/c1-8-14-38-19-27(34)24(15-20(2)3)31-28(35)25(16-21(4)5)32-29(36)26(17-22(6)7)33-30(37)39-18-23-12-10-9-11-13-23/h9-13,20-22,24-26H,8,14-19H2,1-7H3,(H,31,35)(H,32,36)(H,33,37)/t24-,25-,26-/m0/s1. The maximum absolute atomic E-state index is 13.3. The number of Topliss-reactive ketones (excluding diaryl/α,β-unsaturated/α-hetero) is 1. The maximum Gasteiger partial charge on any atom is 0.408 e. The Morgan fingerprint density at radius 1 is 0.718 bits per heavy atom. The Morgan fingerprint density at radius 3 is 1.72 bits per heavy atom. The summed E-state index contributed by atoms with van der Waals surface area (Å²) in [6.07, 6.45) is 1.29. The van der Waals surface area contributed by atoms with E-state index in [1.54, 1.807) is 0 Å². The van der Waals surface area contributed by atoms with Crippen LogP contribution in [0, 0.1) is 17.8 Å². The van der Waals surface area contributed by atoms with Crippen LogP contribution in [-0.4, -0.2) is 55.0 Å². The van der Waals surface area contributed by atoms with E-state index in [2.05, 4.69) is 16.0 Å². The molecule has 1 aromatic carbocycles. The van der Waals surface area contributed by atoms with Crippen LogP contribution in [0.5, 0.6) is 0 Å². The van der Waals surface area contributed by atoms with Gasteiger partial charge in [-0.15, -0.1) is 0 Å². The van der Waals surface area contributed by atoms with Crippen LogP contribution in [0.15, 0.2) is 30.3 Å². The number of benzene rings is 1. The number of nitrogens with one attached hydrogen (secondary N) is 3. The van der Waals surface area contributed by atoms with Gasteiger partial charge in [-0.2, -0.15) is 0 Å². The molecule has 3 amide bonds. The van der Waals surface area contributed by atoms with E-state index < -0.39 is 36.0 Å². The summed E-state index contributed by atoms with van der Waals surface area (Å²) < 4.78 is 10.7. The number of carbonyl (C=O) groups excluding carboxylic acids is 4. The van der Waals surface area contributed by atoms with Gasteiger partial charge in [0.05, 0.1) is 6.04 Å². The van der Waals surface area contributed by atoms with Crippen LogP contribution in [0.25, 0.3) is 0 Å². The van der Waals surface area contributed by atoms with Crippen molar-refractivity contribution in [3.05, 3.63) is 35.9 Å². The first-order valence-electron chi connectivity index (χ1n) is 14.1. The van der Waals surface area contributed by atoms with Crippen molar-refractivity contribution in [3.63, 3.8) is 0 Å². The predicted molar refractivity (Wildman–Crippen MR) is 152 cm³/mol. The van der Waals surface area contributed by atoms with Crippen LogP contribution in [0.4, 0.5) is 4.79 Å². The third kappa shape index (κ3) is 14.7. The van der Waals surface area contributed by atoms with Crippen molar-refractivity contribution in [2.24, 2.45) is 17.8 Å². The predicted octanol–water partition coefficient (Wildman–Crippen LogP) is 4.39. The minimum Gasteiger partial charge on any atom is -0.445 e. The SMILES string of the molecule is CCCOCC(=O)[C@H](CC(C)C)NC(=O)[C@H](CC(C)C)NC(=O)[C@H](CC(C)C)NC(=O)OCc1ccccc1. The van der Waals surface area contributed by atoms with E-state index in [1.165, 1.54) is 0 Å². The van der Waals surface area contributed by atoms with Gasteiger partial charge >= 0.3 is 6.09 Å². The Bertz CT molecular complexity index is 888. The Labute approximate surface area is 234 Å². The minimum absolute atomic E-state index is 0.0712. The smallest absolute Gasteiger partial charge is 0.408 e. The van der Waals surface area contributed by atoms with Crippen molar-refractivity contribution in [2.75, 3.05) is 13.2 Å². The fourth-order valence-electron chi connectivity index (χ4n) is 4.02. The monoisotopic (exact) mass is 547 g/mol. The second kappa shape index (κ2) is 18.4. The molecule has 39 heavy (non-hydrogen) atoms. The van der Waals surface area contributed by atoms with E-state index in [9.17, 15) is 19.2 Å². The molecule has 0 aliphatic carbocycles. The molecule has 0 spiro atoms. The summed E-state index contributed by atoms with van der Waals surface area (Å²) in [5.74, 6) is -0.726. The average Bonchev–Trinajstić information content (AvgIpc) is 2.86. The number of rotatable bonds is 18. The van der Waals surface area contributed by atoms with Crippen molar-refractivity contribution in [2.45, 2.75) is 98.9 Å². The van der Waals surface area contributed by atoms with Crippen LogP contribution in [0.1, 0.15) is 79.7 Å². The van der Waals surface area contributed by atoms with Gasteiger partial charge in [-0.3, -0.25) is 14.4 Å². The van der Waals surface area contributed by atoms with Gasteiger partial charge in [0.15, 0.2) is 5.78 Å². The number of ketones is 1. The highest BCUT2D eigenvalue weighted by Gasteiger charge is 2.31. The molecule has 9 heteroatoms.